The maximum Gasteiger partial charge on any atom is 0.240 e. The molecule has 1 aromatic heterocycles. The van der Waals surface area contributed by atoms with Crippen molar-refractivity contribution in [1.82, 2.24) is 15.5 Å². The normalized spacial score (nSPS) is 23.4. The highest BCUT2D eigenvalue weighted by Gasteiger charge is 2.27. The van der Waals surface area contributed by atoms with Crippen LogP contribution in [0.4, 0.5) is 0 Å². The van der Waals surface area contributed by atoms with Crippen LogP contribution >= 0.6 is 0 Å². The first-order valence-corrected chi connectivity index (χ1v) is 7.72. The lowest BCUT2D eigenvalue weighted by atomic mass is 9.77. The van der Waals surface area contributed by atoms with Crippen molar-refractivity contribution in [2.45, 2.75) is 52.0 Å². The molecule has 0 saturated heterocycles. The zero-order valence-corrected chi connectivity index (χ0v) is 12.9. The minimum absolute atomic E-state index is 0.487. The van der Waals surface area contributed by atoms with Crippen LogP contribution in [0.15, 0.2) is 4.52 Å². The van der Waals surface area contributed by atoms with E-state index in [9.17, 15) is 0 Å². The lowest BCUT2D eigenvalue weighted by Crippen LogP contribution is -2.19. The van der Waals surface area contributed by atoms with E-state index in [1.54, 1.807) is 7.11 Å². The van der Waals surface area contributed by atoms with Gasteiger partial charge in [0.1, 0.15) is 0 Å². The Hall–Kier alpha value is -0.940. The van der Waals surface area contributed by atoms with Crippen LogP contribution in [0, 0.1) is 11.8 Å². The Bertz CT molecular complexity index is 384. The van der Waals surface area contributed by atoms with E-state index >= 15 is 0 Å². The van der Waals surface area contributed by atoms with Crippen LogP contribution in [0.25, 0.3) is 0 Å². The van der Waals surface area contributed by atoms with E-state index in [-0.39, 0.29) is 0 Å². The second-order valence-corrected chi connectivity index (χ2v) is 6.07. The summed E-state index contributed by atoms with van der Waals surface area (Å²) in [6, 6.07) is 0. The first kappa shape index (κ1) is 15.4. The van der Waals surface area contributed by atoms with Gasteiger partial charge in [0.25, 0.3) is 0 Å². The zero-order chi connectivity index (χ0) is 14.4. The van der Waals surface area contributed by atoms with Gasteiger partial charge in [0.05, 0.1) is 13.2 Å². The molecule has 0 atom stereocenters. The number of nitrogens with zero attached hydrogens (tertiary/aromatic N) is 2. The van der Waals surface area contributed by atoms with E-state index in [4.69, 9.17) is 9.26 Å². The fraction of sp³-hybridized carbons (Fsp3) is 0.867. The number of rotatable bonds is 7. The van der Waals surface area contributed by atoms with E-state index in [0.29, 0.717) is 25.0 Å². The summed E-state index contributed by atoms with van der Waals surface area (Å²) in [5.41, 5.74) is 0. The van der Waals surface area contributed by atoms with Crippen molar-refractivity contribution in [3.63, 3.8) is 0 Å². The lowest BCUT2D eigenvalue weighted by Gasteiger charge is -2.29. The van der Waals surface area contributed by atoms with Crippen LogP contribution in [0.1, 0.15) is 57.2 Å². The molecule has 5 nitrogen and oxygen atoms in total. The Balaban J connectivity index is 1.78. The molecular formula is C15H27N3O2. The quantitative estimate of drug-likeness (QED) is 0.779. The van der Waals surface area contributed by atoms with Gasteiger partial charge in [0.15, 0.2) is 5.82 Å². The van der Waals surface area contributed by atoms with Crippen LogP contribution in [-0.4, -0.2) is 30.4 Å². The van der Waals surface area contributed by atoms with Crippen LogP contribution in [0.5, 0.6) is 0 Å². The molecule has 1 aliphatic carbocycles. The predicted octanol–water partition coefficient (Wildman–Crippen LogP) is 2.74. The third kappa shape index (κ3) is 4.28. The number of ether oxygens (including phenoxy) is 1. The number of nitrogens with one attached hydrogen (secondary N) is 1. The van der Waals surface area contributed by atoms with Gasteiger partial charge in [-0.25, -0.2) is 0 Å². The number of aromatic nitrogens is 2. The van der Waals surface area contributed by atoms with E-state index in [2.05, 4.69) is 29.3 Å². The molecule has 1 heterocycles. The van der Waals surface area contributed by atoms with Gasteiger partial charge >= 0.3 is 0 Å². The molecule has 114 valence electrons. The van der Waals surface area contributed by atoms with Crippen molar-refractivity contribution < 1.29 is 9.26 Å². The molecule has 1 N–H and O–H groups in total. The largest absolute Gasteiger partial charge is 0.383 e. The summed E-state index contributed by atoms with van der Waals surface area (Å²) in [5, 5.41) is 7.37. The lowest BCUT2D eigenvalue weighted by molar-refractivity contribution is 0.197. The topological polar surface area (TPSA) is 60.2 Å². The van der Waals surface area contributed by atoms with Crippen molar-refractivity contribution in [2.24, 2.45) is 11.8 Å². The molecule has 1 aromatic rings. The van der Waals surface area contributed by atoms with Gasteiger partial charge in [0.2, 0.25) is 5.89 Å². The first-order chi connectivity index (χ1) is 9.70. The minimum atomic E-state index is 0.487. The molecule has 0 unspecified atom stereocenters. The van der Waals surface area contributed by atoms with Crippen LogP contribution in [-0.2, 0) is 11.3 Å². The van der Waals surface area contributed by atoms with Gasteiger partial charge in [-0.15, -0.1) is 0 Å². The molecule has 2 rings (SSSR count). The highest BCUT2D eigenvalue weighted by atomic mass is 16.5. The minimum Gasteiger partial charge on any atom is -0.383 e. The van der Waals surface area contributed by atoms with Crippen molar-refractivity contribution in [2.75, 3.05) is 20.3 Å². The Labute approximate surface area is 121 Å². The summed E-state index contributed by atoms with van der Waals surface area (Å²) in [4.78, 5) is 4.52. The fourth-order valence-electron chi connectivity index (χ4n) is 2.92. The Morgan fingerprint density at radius 3 is 2.70 bits per heavy atom. The SMILES string of the molecule is COCCNCc1nc(C2CCC(C(C)C)CC2)no1. The number of hydrogen-bond donors (Lipinski definition) is 1. The molecule has 1 fully saturated rings. The molecule has 0 aliphatic heterocycles. The monoisotopic (exact) mass is 281 g/mol. The maximum absolute atomic E-state index is 5.31. The summed E-state index contributed by atoms with van der Waals surface area (Å²) in [7, 11) is 1.69. The first-order valence-electron chi connectivity index (χ1n) is 7.72. The van der Waals surface area contributed by atoms with Crippen LogP contribution in [0.3, 0.4) is 0 Å². The summed E-state index contributed by atoms with van der Waals surface area (Å²) in [6.07, 6.45) is 4.97. The number of hydrogen-bond acceptors (Lipinski definition) is 5. The zero-order valence-electron chi connectivity index (χ0n) is 12.9. The van der Waals surface area contributed by atoms with E-state index < -0.39 is 0 Å². The Kier molecular flexibility index (Phi) is 5.98. The molecular weight excluding hydrogens is 254 g/mol. The molecule has 20 heavy (non-hydrogen) atoms. The van der Waals surface area contributed by atoms with Gasteiger partial charge in [-0.2, -0.15) is 4.98 Å². The summed E-state index contributed by atoms with van der Waals surface area (Å²) >= 11 is 0. The van der Waals surface area contributed by atoms with Crippen molar-refractivity contribution >= 4 is 0 Å². The standard InChI is InChI=1S/C15H27N3O2/c1-11(2)12-4-6-13(7-5-12)15-17-14(20-18-15)10-16-8-9-19-3/h11-13,16H,4-10H2,1-3H3. The molecule has 0 spiro atoms. The summed E-state index contributed by atoms with van der Waals surface area (Å²) in [5.74, 6) is 3.73. The van der Waals surface area contributed by atoms with Gasteiger partial charge in [0, 0.05) is 19.6 Å². The van der Waals surface area contributed by atoms with E-state index in [0.717, 1.165) is 24.2 Å². The van der Waals surface area contributed by atoms with Gasteiger partial charge in [-0.3, -0.25) is 0 Å². The molecule has 0 amide bonds. The van der Waals surface area contributed by atoms with Gasteiger partial charge < -0.3 is 14.6 Å². The molecule has 0 bridgehead atoms. The van der Waals surface area contributed by atoms with E-state index in [1.165, 1.54) is 25.7 Å². The second kappa shape index (κ2) is 7.74. The molecule has 1 saturated carbocycles. The Morgan fingerprint density at radius 1 is 1.30 bits per heavy atom. The molecule has 5 heteroatoms. The summed E-state index contributed by atoms with van der Waals surface area (Å²) < 4.78 is 10.3. The third-order valence-electron chi connectivity index (χ3n) is 4.32. The Morgan fingerprint density at radius 2 is 2.05 bits per heavy atom. The third-order valence-corrected chi connectivity index (χ3v) is 4.32. The maximum atomic E-state index is 5.31. The fourth-order valence-corrected chi connectivity index (χ4v) is 2.92. The average Bonchev–Trinajstić information content (AvgIpc) is 2.92. The van der Waals surface area contributed by atoms with Crippen molar-refractivity contribution in [1.29, 1.82) is 0 Å². The molecule has 1 aliphatic rings. The number of methoxy groups -OCH3 is 1. The molecule has 0 radical (unpaired) electrons. The van der Waals surface area contributed by atoms with Crippen molar-refractivity contribution in [3.05, 3.63) is 11.7 Å². The van der Waals surface area contributed by atoms with Crippen LogP contribution < -0.4 is 5.32 Å². The predicted molar refractivity (Wildman–Crippen MR) is 77.4 cm³/mol. The second-order valence-electron chi connectivity index (χ2n) is 6.07. The smallest absolute Gasteiger partial charge is 0.240 e. The van der Waals surface area contributed by atoms with Crippen molar-refractivity contribution in [3.8, 4) is 0 Å². The van der Waals surface area contributed by atoms with E-state index in [1.807, 2.05) is 0 Å². The average molecular weight is 281 g/mol. The molecule has 0 aromatic carbocycles. The van der Waals surface area contributed by atoms with Gasteiger partial charge in [-0.1, -0.05) is 19.0 Å². The van der Waals surface area contributed by atoms with Crippen LogP contribution in [0.2, 0.25) is 0 Å². The highest BCUT2D eigenvalue weighted by Crippen LogP contribution is 2.37. The highest BCUT2D eigenvalue weighted by molar-refractivity contribution is 4.97. The van der Waals surface area contributed by atoms with Gasteiger partial charge in [-0.05, 0) is 37.5 Å². The summed E-state index contributed by atoms with van der Waals surface area (Å²) in [6.45, 7) is 6.76.